The smallest absolute Gasteiger partial charge is 0.233 e. The van der Waals surface area contributed by atoms with Crippen LogP contribution in [0, 0.1) is 6.92 Å². The van der Waals surface area contributed by atoms with Gasteiger partial charge < -0.3 is 9.84 Å². The van der Waals surface area contributed by atoms with Crippen LogP contribution in [0.4, 0.5) is 5.82 Å². The van der Waals surface area contributed by atoms with Crippen LogP contribution in [-0.4, -0.2) is 16.8 Å². The second-order valence-electron chi connectivity index (χ2n) is 4.58. The number of fused-ring (bicyclic) bond motifs is 1. The van der Waals surface area contributed by atoms with Gasteiger partial charge >= 0.3 is 0 Å². The fraction of sp³-hybridized carbons (Fsp3) is 0.214. The number of nitrogens with one attached hydrogen (secondary N) is 1. The van der Waals surface area contributed by atoms with E-state index >= 15 is 0 Å². The number of benzene rings is 1. The molecule has 1 amide bonds. The highest BCUT2D eigenvalue weighted by Crippen LogP contribution is 2.33. The van der Waals surface area contributed by atoms with E-state index in [1.807, 2.05) is 12.1 Å². The van der Waals surface area contributed by atoms with Crippen molar-refractivity contribution in [1.82, 2.24) is 5.16 Å². The number of aromatic nitrogens is 1. The van der Waals surface area contributed by atoms with Gasteiger partial charge in [-0.05, 0) is 12.5 Å². The maximum atomic E-state index is 12.2. The molecule has 0 fully saturated rings. The number of carbonyl (C=O) groups excluding carboxylic acids is 2. The summed E-state index contributed by atoms with van der Waals surface area (Å²) in [7, 11) is 0. The number of Topliss-reactive ketones (excluding diaryl/α,β-unsaturated/α-hetero) is 1. The fourth-order valence-corrected chi connectivity index (χ4v) is 2.33. The van der Waals surface area contributed by atoms with E-state index < -0.39 is 5.92 Å². The summed E-state index contributed by atoms with van der Waals surface area (Å²) in [5, 5.41) is 6.38. The van der Waals surface area contributed by atoms with Crippen LogP contribution in [0.3, 0.4) is 0 Å². The Morgan fingerprint density at radius 3 is 2.95 bits per heavy atom. The Kier molecular flexibility index (Phi) is 2.67. The van der Waals surface area contributed by atoms with Crippen LogP contribution >= 0.6 is 0 Å². The standard InChI is InChI=1S/C14H12N2O3/c1-8-6-13(16-19-8)15-14(18)11-7-12(17)10-5-3-2-4-9(10)11/h2-6,11H,7H2,1H3,(H,15,16,18)/t11-/m1/s1. The van der Waals surface area contributed by atoms with Gasteiger partial charge in [-0.25, -0.2) is 0 Å². The summed E-state index contributed by atoms with van der Waals surface area (Å²) in [6.45, 7) is 1.75. The molecule has 1 aromatic carbocycles. The molecule has 1 N–H and O–H groups in total. The van der Waals surface area contributed by atoms with E-state index in [-0.39, 0.29) is 18.1 Å². The van der Waals surface area contributed by atoms with Gasteiger partial charge in [0, 0.05) is 18.1 Å². The van der Waals surface area contributed by atoms with Crippen molar-refractivity contribution in [2.75, 3.05) is 5.32 Å². The molecule has 1 heterocycles. The van der Waals surface area contributed by atoms with E-state index in [9.17, 15) is 9.59 Å². The average molecular weight is 256 g/mol. The number of amides is 1. The Bertz CT molecular complexity index is 660. The number of nitrogens with zero attached hydrogens (tertiary/aromatic N) is 1. The molecular formula is C14H12N2O3. The maximum absolute atomic E-state index is 12.2. The minimum atomic E-state index is -0.444. The lowest BCUT2D eigenvalue weighted by Gasteiger charge is -2.09. The molecule has 0 spiro atoms. The van der Waals surface area contributed by atoms with Crippen molar-refractivity contribution >= 4 is 17.5 Å². The zero-order chi connectivity index (χ0) is 13.4. The highest BCUT2D eigenvalue weighted by molar-refractivity contribution is 6.09. The van der Waals surface area contributed by atoms with Gasteiger partial charge in [0.1, 0.15) is 5.76 Å². The molecule has 1 atom stereocenters. The molecule has 96 valence electrons. The van der Waals surface area contributed by atoms with Gasteiger partial charge in [0.05, 0.1) is 5.92 Å². The molecule has 5 nitrogen and oxygen atoms in total. The second-order valence-corrected chi connectivity index (χ2v) is 4.58. The first-order valence-corrected chi connectivity index (χ1v) is 6.01. The summed E-state index contributed by atoms with van der Waals surface area (Å²) in [4.78, 5) is 24.0. The molecule has 0 bridgehead atoms. The van der Waals surface area contributed by atoms with Gasteiger partial charge in [0.2, 0.25) is 5.91 Å². The van der Waals surface area contributed by atoms with E-state index in [1.54, 1.807) is 25.1 Å². The van der Waals surface area contributed by atoms with Crippen LogP contribution < -0.4 is 5.32 Å². The molecule has 2 aromatic rings. The van der Waals surface area contributed by atoms with Crippen molar-refractivity contribution in [2.45, 2.75) is 19.3 Å². The fourth-order valence-electron chi connectivity index (χ4n) is 2.33. The predicted molar refractivity (Wildman–Crippen MR) is 68.0 cm³/mol. The molecule has 5 heteroatoms. The summed E-state index contributed by atoms with van der Waals surface area (Å²) in [6.07, 6.45) is 0.210. The van der Waals surface area contributed by atoms with Crippen LogP contribution in [0.25, 0.3) is 0 Å². The van der Waals surface area contributed by atoms with Crippen LogP contribution in [0.2, 0.25) is 0 Å². The summed E-state index contributed by atoms with van der Waals surface area (Å²) in [5.74, 6) is 0.330. The van der Waals surface area contributed by atoms with Crippen LogP contribution in [-0.2, 0) is 4.79 Å². The molecule has 1 aliphatic carbocycles. The lowest BCUT2D eigenvalue weighted by atomic mass is 10.0. The quantitative estimate of drug-likeness (QED) is 0.894. The van der Waals surface area contributed by atoms with E-state index in [0.29, 0.717) is 17.1 Å². The molecule has 0 saturated carbocycles. The minimum Gasteiger partial charge on any atom is -0.360 e. The molecule has 0 saturated heterocycles. The topological polar surface area (TPSA) is 72.2 Å². The van der Waals surface area contributed by atoms with Gasteiger partial charge in [-0.1, -0.05) is 29.4 Å². The Labute approximate surface area is 109 Å². The monoisotopic (exact) mass is 256 g/mol. The van der Waals surface area contributed by atoms with Gasteiger partial charge in [-0.2, -0.15) is 0 Å². The first-order chi connectivity index (χ1) is 9.15. The Balaban J connectivity index is 1.84. The predicted octanol–water partition coefficient (Wildman–Crippen LogP) is 2.29. The molecule has 0 radical (unpaired) electrons. The van der Waals surface area contributed by atoms with Crippen molar-refractivity contribution in [3.8, 4) is 0 Å². The van der Waals surface area contributed by atoms with Gasteiger partial charge in [0.25, 0.3) is 0 Å². The molecule has 1 aromatic heterocycles. The molecule has 0 aliphatic heterocycles. The number of anilines is 1. The normalized spacial score (nSPS) is 17.3. The number of hydrogen-bond acceptors (Lipinski definition) is 4. The number of ketones is 1. The molecular weight excluding hydrogens is 244 g/mol. The number of rotatable bonds is 2. The van der Waals surface area contributed by atoms with Crippen LogP contribution in [0.5, 0.6) is 0 Å². The third-order valence-corrected chi connectivity index (χ3v) is 3.22. The zero-order valence-corrected chi connectivity index (χ0v) is 10.3. The van der Waals surface area contributed by atoms with E-state index in [1.165, 1.54) is 0 Å². The van der Waals surface area contributed by atoms with Crippen LogP contribution in [0.15, 0.2) is 34.9 Å². The lowest BCUT2D eigenvalue weighted by molar-refractivity contribution is -0.117. The SMILES string of the molecule is Cc1cc(NC(=O)[C@@H]2CC(=O)c3ccccc32)no1. The summed E-state index contributed by atoms with van der Waals surface area (Å²) in [6, 6.07) is 8.85. The second kappa shape index (κ2) is 4.35. The summed E-state index contributed by atoms with van der Waals surface area (Å²) < 4.78 is 4.89. The van der Waals surface area contributed by atoms with E-state index in [0.717, 1.165) is 5.56 Å². The van der Waals surface area contributed by atoms with Crippen molar-refractivity contribution in [3.05, 3.63) is 47.2 Å². The van der Waals surface area contributed by atoms with Crippen molar-refractivity contribution in [2.24, 2.45) is 0 Å². The van der Waals surface area contributed by atoms with Gasteiger partial charge in [-0.3, -0.25) is 9.59 Å². The van der Waals surface area contributed by atoms with Crippen molar-refractivity contribution in [1.29, 1.82) is 0 Å². The Morgan fingerprint density at radius 2 is 2.21 bits per heavy atom. The number of hydrogen-bond donors (Lipinski definition) is 1. The van der Waals surface area contributed by atoms with Crippen molar-refractivity contribution < 1.29 is 14.1 Å². The average Bonchev–Trinajstić information content (AvgIpc) is 2.95. The van der Waals surface area contributed by atoms with Gasteiger partial charge in [-0.15, -0.1) is 0 Å². The first kappa shape index (κ1) is 11.6. The third kappa shape index (κ3) is 2.03. The molecule has 19 heavy (non-hydrogen) atoms. The molecule has 0 unspecified atom stereocenters. The zero-order valence-electron chi connectivity index (χ0n) is 10.3. The summed E-state index contributed by atoms with van der Waals surface area (Å²) >= 11 is 0. The summed E-state index contributed by atoms with van der Waals surface area (Å²) in [5.41, 5.74) is 1.42. The largest absolute Gasteiger partial charge is 0.360 e. The number of carbonyl (C=O) groups is 2. The van der Waals surface area contributed by atoms with E-state index in [4.69, 9.17) is 4.52 Å². The number of aryl methyl sites for hydroxylation is 1. The first-order valence-electron chi connectivity index (χ1n) is 6.01. The molecule has 1 aliphatic rings. The Morgan fingerprint density at radius 1 is 1.42 bits per heavy atom. The third-order valence-electron chi connectivity index (χ3n) is 3.22. The minimum absolute atomic E-state index is 0.00656. The molecule has 3 rings (SSSR count). The highest BCUT2D eigenvalue weighted by Gasteiger charge is 2.34. The van der Waals surface area contributed by atoms with Gasteiger partial charge in [0.15, 0.2) is 11.6 Å². The Hall–Kier alpha value is -2.43. The van der Waals surface area contributed by atoms with Crippen molar-refractivity contribution in [3.63, 3.8) is 0 Å². The maximum Gasteiger partial charge on any atom is 0.233 e. The lowest BCUT2D eigenvalue weighted by Crippen LogP contribution is -2.19. The highest BCUT2D eigenvalue weighted by atomic mass is 16.5. The van der Waals surface area contributed by atoms with Crippen LogP contribution in [0.1, 0.15) is 34.0 Å². The van der Waals surface area contributed by atoms with E-state index in [2.05, 4.69) is 10.5 Å².